The Morgan fingerprint density at radius 3 is 2.74 bits per heavy atom. The number of hydrogen-bond donors (Lipinski definition) is 1. The van der Waals surface area contributed by atoms with Gasteiger partial charge in [0.1, 0.15) is 5.82 Å². The van der Waals surface area contributed by atoms with Crippen LogP contribution in [0.3, 0.4) is 0 Å². The van der Waals surface area contributed by atoms with Gasteiger partial charge < -0.3 is 15.0 Å². The molecule has 23 heavy (non-hydrogen) atoms. The quantitative estimate of drug-likeness (QED) is 0.805. The summed E-state index contributed by atoms with van der Waals surface area (Å²) in [6.45, 7) is 3.27. The topological polar surface area (TPSA) is 50.3 Å². The summed E-state index contributed by atoms with van der Waals surface area (Å²) in [6, 6.07) is 16.2. The third-order valence-corrected chi connectivity index (χ3v) is 3.98. The summed E-state index contributed by atoms with van der Waals surface area (Å²) in [6.07, 6.45) is 1.80. The molecule has 0 amide bonds. The van der Waals surface area contributed by atoms with Crippen molar-refractivity contribution >= 4 is 28.2 Å². The molecule has 1 aliphatic heterocycles. The summed E-state index contributed by atoms with van der Waals surface area (Å²) < 4.78 is 5.43. The van der Waals surface area contributed by atoms with Gasteiger partial charge in [0.15, 0.2) is 5.82 Å². The van der Waals surface area contributed by atoms with E-state index in [2.05, 4.69) is 38.4 Å². The van der Waals surface area contributed by atoms with Crippen molar-refractivity contribution in [2.75, 3.05) is 36.5 Å². The smallest absolute Gasteiger partial charge is 0.155 e. The van der Waals surface area contributed by atoms with E-state index in [0.29, 0.717) is 0 Å². The van der Waals surface area contributed by atoms with Crippen LogP contribution in [0.15, 0.2) is 54.7 Å². The maximum absolute atomic E-state index is 5.43. The molecule has 0 radical (unpaired) electrons. The summed E-state index contributed by atoms with van der Waals surface area (Å²) in [7, 11) is 0. The summed E-state index contributed by atoms with van der Waals surface area (Å²) >= 11 is 0. The highest BCUT2D eigenvalue weighted by Crippen LogP contribution is 2.27. The molecule has 0 bridgehead atoms. The maximum atomic E-state index is 5.43. The number of para-hydroxylation sites is 1. The number of nitrogens with zero attached hydrogens (tertiary/aromatic N) is 3. The van der Waals surface area contributed by atoms with Gasteiger partial charge in [0.2, 0.25) is 0 Å². The van der Waals surface area contributed by atoms with Gasteiger partial charge in [-0.3, -0.25) is 0 Å². The highest BCUT2D eigenvalue weighted by atomic mass is 16.5. The summed E-state index contributed by atoms with van der Waals surface area (Å²) in [5.74, 6) is 1.63. The summed E-state index contributed by atoms with van der Waals surface area (Å²) in [5.41, 5.74) is 2.06. The van der Waals surface area contributed by atoms with Crippen LogP contribution in [0.2, 0.25) is 0 Å². The van der Waals surface area contributed by atoms with Crippen molar-refractivity contribution in [3.8, 4) is 0 Å². The van der Waals surface area contributed by atoms with Gasteiger partial charge >= 0.3 is 0 Å². The molecule has 1 aliphatic rings. The fraction of sp³-hybridized carbons (Fsp3) is 0.222. The van der Waals surface area contributed by atoms with Crippen molar-refractivity contribution in [2.45, 2.75) is 0 Å². The Bertz CT molecular complexity index is 815. The zero-order valence-corrected chi connectivity index (χ0v) is 12.8. The number of anilines is 3. The predicted molar refractivity (Wildman–Crippen MR) is 92.3 cm³/mol. The Labute approximate surface area is 134 Å². The number of benzene rings is 1. The molecule has 1 N–H and O–H groups in total. The molecule has 1 fully saturated rings. The number of ether oxygens (including phenoxy) is 1. The normalized spacial score (nSPS) is 14.9. The molecule has 5 nitrogen and oxygen atoms in total. The van der Waals surface area contributed by atoms with Gasteiger partial charge in [0, 0.05) is 24.7 Å². The third kappa shape index (κ3) is 2.96. The van der Waals surface area contributed by atoms with Crippen LogP contribution in [-0.4, -0.2) is 36.3 Å². The second-order valence-corrected chi connectivity index (χ2v) is 5.48. The Morgan fingerprint density at radius 1 is 0.957 bits per heavy atom. The number of hydrogen-bond acceptors (Lipinski definition) is 5. The van der Waals surface area contributed by atoms with Crippen LogP contribution < -0.4 is 10.2 Å². The van der Waals surface area contributed by atoms with E-state index in [-0.39, 0.29) is 0 Å². The van der Waals surface area contributed by atoms with E-state index < -0.39 is 0 Å². The van der Waals surface area contributed by atoms with Crippen LogP contribution in [0.5, 0.6) is 0 Å². The predicted octanol–water partition coefficient (Wildman–Crippen LogP) is 3.21. The fourth-order valence-corrected chi connectivity index (χ4v) is 2.81. The molecule has 4 rings (SSSR count). The lowest BCUT2D eigenvalue weighted by atomic mass is 10.2. The molecule has 1 aromatic carbocycles. The first-order valence-corrected chi connectivity index (χ1v) is 7.81. The van der Waals surface area contributed by atoms with E-state index in [9.17, 15) is 0 Å². The largest absolute Gasteiger partial charge is 0.378 e. The Hall–Kier alpha value is -2.66. The van der Waals surface area contributed by atoms with Gasteiger partial charge in [0.05, 0.1) is 24.4 Å². The molecule has 0 aliphatic carbocycles. The lowest BCUT2D eigenvalue weighted by molar-refractivity contribution is 0.122. The van der Waals surface area contributed by atoms with Gasteiger partial charge in [0.25, 0.3) is 0 Å². The number of fused-ring (bicyclic) bond motifs is 1. The molecular weight excluding hydrogens is 288 g/mol. The van der Waals surface area contributed by atoms with E-state index in [1.807, 2.05) is 30.3 Å². The SMILES string of the molecule is c1cnc(Nc2ccc3ccccc3n2)c(N2CCOCC2)c1. The Kier molecular flexibility index (Phi) is 3.78. The maximum Gasteiger partial charge on any atom is 0.155 e. The first-order chi connectivity index (χ1) is 11.4. The second-order valence-electron chi connectivity index (χ2n) is 5.48. The molecule has 5 heteroatoms. The summed E-state index contributed by atoms with van der Waals surface area (Å²) in [5, 5.41) is 4.49. The highest BCUT2D eigenvalue weighted by Gasteiger charge is 2.15. The van der Waals surface area contributed by atoms with Crippen LogP contribution in [0.1, 0.15) is 0 Å². The molecule has 3 aromatic rings. The number of aromatic nitrogens is 2. The Morgan fingerprint density at radius 2 is 1.83 bits per heavy atom. The van der Waals surface area contributed by atoms with E-state index in [1.54, 1.807) is 6.20 Å². The van der Waals surface area contributed by atoms with Crippen molar-refractivity contribution in [3.63, 3.8) is 0 Å². The van der Waals surface area contributed by atoms with Gasteiger partial charge in [-0.1, -0.05) is 18.2 Å². The molecule has 116 valence electrons. The molecule has 3 heterocycles. The van der Waals surface area contributed by atoms with Crippen molar-refractivity contribution in [2.24, 2.45) is 0 Å². The number of rotatable bonds is 3. The van der Waals surface area contributed by atoms with E-state index in [1.165, 1.54) is 0 Å². The molecule has 0 atom stereocenters. The van der Waals surface area contributed by atoms with E-state index in [0.717, 1.165) is 54.5 Å². The van der Waals surface area contributed by atoms with E-state index in [4.69, 9.17) is 4.74 Å². The zero-order chi connectivity index (χ0) is 15.5. The number of nitrogens with one attached hydrogen (secondary N) is 1. The molecule has 0 unspecified atom stereocenters. The minimum atomic E-state index is 0.753. The number of morpholine rings is 1. The van der Waals surface area contributed by atoms with Crippen molar-refractivity contribution in [1.82, 2.24) is 9.97 Å². The van der Waals surface area contributed by atoms with Gasteiger partial charge in [-0.05, 0) is 30.3 Å². The molecule has 2 aromatic heterocycles. The van der Waals surface area contributed by atoms with Gasteiger partial charge in [-0.25, -0.2) is 9.97 Å². The zero-order valence-electron chi connectivity index (χ0n) is 12.8. The molecule has 1 saturated heterocycles. The monoisotopic (exact) mass is 306 g/mol. The van der Waals surface area contributed by atoms with Crippen LogP contribution in [0.4, 0.5) is 17.3 Å². The Balaban J connectivity index is 1.64. The lowest BCUT2D eigenvalue weighted by Crippen LogP contribution is -2.36. The molecule has 0 spiro atoms. The minimum Gasteiger partial charge on any atom is -0.378 e. The van der Waals surface area contributed by atoms with Crippen molar-refractivity contribution in [3.05, 3.63) is 54.7 Å². The first kappa shape index (κ1) is 14.0. The van der Waals surface area contributed by atoms with Crippen LogP contribution in [0, 0.1) is 0 Å². The highest BCUT2D eigenvalue weighted by molar-refractivity contribution is 5.81. The van der Waals surface area contributed by atoms with Crippen molar-refractivity contribution in [1.29, 1.82) is 0 Å². The average molecular weight is 306 g/mol. The average Bonchev–Trinajstić information content (AvgIpc) is 2.63. The van der Waals surface area contributed by atoms with Crippen LogP contribution in [-0.2, 0) is 4.74 Å². The standard InChI is InChI=1S/C18H18N4O/c1-2-5-15-14(4-1)7-8-17(20-15)21-18-16(6-3-9-19-18)22-10-12-23-13-11-22/h1-9H,10-13H2,(H,19,20,21). The van der Waals surface area contributed by atoms with Crippen LogP contribution >= 0.6 is 0 Å². The fourth-order valence-electron chi connectivity index (χ4n) is 2.81. The first-order valence-electron chi connectivity index (χ1n) is 7.81. The minimum absolute atomic E-state index is 0.753. The van der Waals surface area contributed by atoms with Crippen molar-refractivity contribution < 1.29 is 4.74 Å². The molecular formula is C18H18N4O. The van der Waals surface area contributed by atoms with Crippen LogP contribution in [0.25, 0.3) is 10.9 Å². The van der Waals surface area contributed by atoms with Gasteiger partial charge in [-0.15, -0.1) is 0 Å². The van der Waals surface area contributed by atoms with E-state index >= 15 is 0 Å². The second kappa shape index (κ2) is 6.22. The third-order valence-electron chi connectivity index (χ3n) is 3.98. The molecule has 0 saturated carbocycles. The number of pyridine rings is 2. The van der Waals surface area contributed by atoms with Gasteiger partial charge in [-0.2, -0.15) is 0 Å². The lowest BCUT2D eigenvalue weighted by Gasteiger charge is -2.30. The summed E-state index contributed by atoms with van der Waals surface area (Å²) in [4.78, 5) is 11.4.